The van der Waals surface area contributed by atoms with Gasteiger partial charge in [-0.2, -0.15) is 13.2 Å². The molecular formula is C15H8F5N. The van der Waals surface area contributed by atoms with E-state index in [1.54, 1.807) is 0 Å². The van der Waals surface area contributed by atoms with Crippen molar-refractivity contribution in [3.8, 4) is 11.3 Å². The number of halogens is 5. The van der Waals surface area contributed by atoms with E-state index in [1.807, 2.05) is 0 Å². The molecule has 1 N–H and O–H groups in total. The highest BCUT2D eigenvalue weighted by Gasteiger charge is 2.31. The minimum atomic E-state index is -4.61. The first-order chi connectivity index (χ1) is 9.84. The zero-order valence-electron chi connectivity index (χ0n) is 10.4. The Hall–Kier alpha value is -2.37. The van der Waals surface area contributed by atoms with Crippen LogP contribution in [0.15, 0.2) is 42.5 Å². The van der Waals surface area contributed by atoms with Crippen molar-refractivity contribution >= 4 is 10.9 Å². The molecular weight excluding hydrogens is 289 g/mol. The molecule has 6 heteroatoms. The Morgan fingerprint density at radius 2 is 1.52 bits per heavy atom. The fourth-order valence-corrected chi connectivity index (χ4v) is 2.15. The smallest absolute Gasteiger partial charge is 0.352 e. The van der Waals surface area contributed by atoms with Gasteiger partial charge in [0.25, 0.3) is 0 Å². The summed E-state index contributed by atoms with van der Waals surface area (Å²) in [6.07, 6.45) is -4.61. The van der Waals surface area contributed by atoms with E-state index >= 15 is 0 Å². The van der Waals surface area contributed by atoms with Crippen LogP contribution in [-0.2, 0) is 6.18 Å². The highest BCUT2D eigenvalue weighted by Crippen LogP contribution is 2.34. The maximum atomic E-state index is 13.8. The van der Waals surface area contributed by atoms with Gasteiger partial charge < -0.3 is 4.98 Å². The topological polar surface area (TPSA) is 15.8 Å². The zero-order chi connectivity index (χ0) is 15.2. The van der Waals surface area contributed by atoms with Crippen LogP contribution in [-0.4, -0.2) is 4.98 Å². The van der Waals surface area contributed by atoms with Crippen LogP contribution >= 0.6 is 0 Å². The summed E-state index contributed by atoms with van der Waals surface area (Å²) in [6, 6.07) is 8.10. The summed E-state index contributed by atoms with van der Waals surface area (Å²) in [6.45, 7) is 0. The largest absolute Gasteiger partial charge is 0.416 e. The van der Waals surface area contributed by atoms with Crippen LogP contribution in [0.4, 0.5) is 22.0 Å². The molecule has 1 aromatic heterocycles. The van der Waals surface area contributed by atoms with Crippen molar-refractivity contribution in [3.63, 3.8) is 0 Å². The van der Waals surface area contributed by atoms with Gasteiger partial charge >= 0.3 is 6.18 Å². The average Bonchev–Trinajstić information content (AvgIpc) is 2.83. The molecule has 0 bridgehead atoms. The van der Waals surface area contributed by atoms with E-state index < -0.39 is 23.4 Å². The van der Waals surface area contributed by atoms with Crippen molar-refractivity contribution in [1.82, 2.24) is 4.98 Å². The van der Waals surface area contributed by atoms with E-state index in [2.05, 4.69) is 4.98 Å². The Morgan fingerprint density at radius 1 is 0.857 bits per heavy atom. The van der Waals surface area contributed by atoms with E-state index in [4.69, 9.17) is 0 Å². The van der Waals surface area contributed by atoms with Gasteiger partial charge in [-0.05, 0) is 48.0 Å². The lowest BCUT2D eigenvalue weighted by molar-refractivity contribution is -0.137. The fourth-order valence-electron chi connectivity index (χ4n) is 2.15. The van der Waals surface area contributed by atoms with Gasteiger partial charge in [-0.15, -0.1) is 0 Å². The highest BCUT2D eigenvalue weighted by molar-refractivity contribution is 5.87. The third-order valence-electron chi connectivity index (χ3n) is 3.16. The fraction of sp³-hybridized carbons (Fsp3) is 0.0667. The standard InChI is InChI=1S/C15H8F5N/c16-11-3-1-8(2-4-11)13-6-9-5-10(15(18,19)20)7-12(17)14(9)21-13/h1-7,21H. The van der Waals surface area contributed by atoms with Gasteiger partial charge in [0.05, 0.1) is 11.1 Å². The predicted molar refractivity (Wildman–Crippen MR) is 68.7 cm³/mol. The van der Waals surface area contributed by atoms with Gasteiger partial charge in [-0.1, -0.05) is 0 Å². The van der Waals surface area contributed by atoms with E-state index in [-0.39, 0.29) is 10.9 Å². The molecule has 2 aromatic carbocycles. The van der Waals surface area contributed by atoms with Crippen LogP contribution in [0.5, 0.6) is 0 Å². The van der Waals surface area contributed by atoms with Gasteiger partial charge in [-0.25, -0.2) is 8.78 Å². The number of aromatic nitrogens is 1. The number of benzene rings is 2. The zero-order valence-corrected chi connectivity index (χ0v) is 10.4. The molecule has 0 unspecified atom stereocenters. The second kappa shape index (κ2) is 4.58. The van der Waals surface area contributed by atoms with Gasteiger partial charge in [0.1, 0.15) is 11.6 Å². The molecule has 0 amide bonds. The number of hydrogen-bond acceptors (Lipinski definition) is 0. The van der Waals surface area contributed by atoms with Crippen molar-refractivity contribution in [3.05, 3.63) is 59.7 Å². The summed E-state index contributed by atoms with van der Waals surface area (Å²) in [4.78, 5) is 2.71. The number of rotatable bonds is 1. The van der Waals surface area contributed by atoms with Crippen LogP contribution < -0.4 is 0 Å². The van der Waals surface area contributed by atoms with E-state index in [0.29, 0.717) is 17.3 Å². The Morgan fingerprint density at radius 3 is 2.14 bits per heavy atom. The number of H-pyrrole nitrogens is 1. The van der Waals surface area contributed by atoms with Crippen LogP contribution in [0.2, 0.25) is 0 Å². The number of hydrogen-bond donors (Lipinski definition) is 1. The van der Waals surface area contributed by atoms with Gasteiger partial charge in [0, 0.05) is 11.1 Å². The molecule has 0 saturated heterocycles. The lowest BCUT2D eigenvalue weighted by atomic mass is 10.1. The van der Waals surface area contributed by atoms with Gasteiger partial charge in [0.15, 0.2) is 0 Å². The lowest BCUT2D eigenvalue weighted by Crippen LogP contribution is -2.05. The van der Waals surface area contributed by atoms with E-state index in [9.17, 15) is 22.0 Å². The number of fused-ring (bicyclic) bond motifs is 1. The molecule has 21 heavy (non-hydrogen) atoms. The first kappa shape index (κ1) is 13.6. The molecule has 108 valence electrons. The number of aromatic amines is 1. The number of nitrogens with one attached hydrogen (secondary N) is 1. The monoisotopic (exact) mass is 297 g/mol. The molecule has 0 aliphatic heterocycles. The van der Waals surface area contributed by atoms with Crippen molar-refractivity contribution in [2.45, 2.75) is 6.18 Å². The summed E-state index contributed by atoms with van der Waals surface area (Å²) in [5, 5.41) is 0.113. The maximum Gasteiger partial charge on any atom is 0.416 e. The minimum Gasteiger partial charge on any atom is -0.352 e. The Bertz CT molecular complexity index is 799. The lowest BCUT2D eigenvalue weighted by Gasteiger charge is -2.06. The molecule has 0 spiro atoms. The van der Waals surface area contributed by atoms with E-state index in [0.717, 1.165) is 6.07 Å². The molecule has 3 aromatic rings. The van der Waals surface area contributed by atoms with Crippen LogP contribution in [0.1, 0.15) is 5.56 Å². The quantitative estimate of drug-likeness (QED) is 0.599. The Kier molecular flexibility index (Phi) is 2.97. The summed E-state index contributed by atoms with van der Waals surface area (Å²) in [7, 11) is 0. The Balaban J connectivity index is 2.16. The summed E-state index contributed by atoms with van der Waals surface area (Å²) >= 11 is 0. The maximum absolute atomic E-state index is 13.8. The highest BCUT2D eigenvalue weighted by atomic mass is 19.4. The molecule has 0 fully saturated rings. The third-order valence-corrected chi connectivity index (χ3v) is 3.16. The van der Waals surface area contributed by atoms with Crippen LogP contribution in [0, 0.1) is 11.6 Å². The third kappa shape index (κ3) is 2.49. The molecule has 0 aliphatic carbocycles. The van der Waals surface area contributed by atoms with Crippen LogP contribution in [0.3, 0.4) is 0 Å². The summed E-state index contributed by atoms with van der Waals surface area (Å²) in [5.41, 5.74) is -0.0803. The molecule has 0 saturated carbocycles. The predicted octanol–water partition coefficient (Wildman–Crippen LogP) is 5.13. The molecule has 0 atom stereocenters. The summed E-state index contributed by atoms with van der Waals surface area (Å²) in [5.74, 6) is -1.41. The summed E-state index contributed by atoms with van der Waals surface area (Å²) < 4.78 is 64.6. The van der Waals surface area contributed by atoms with Crippen molar-refractivity contribution < 1.29 is 22.0 Å². The molecule has 1 nitrogen and oxygen atoms in total. The van der Waals surface area contributed by atoms with Crippen molar-refractivity contribution in [2.75, 3.05) is 0 Å². The second-order valence-electron chi connectivity index (χ2n) is 4.61. The first-order valence-corrected chi connectivity index (χ1v) is 6.00. The first-order valence-electron chi connectivity index (χ1n) is 6.00. The van der Waals surface area contributed by atoms with Crippen molar-refractivity contribution in [1.29, 1.82) is 0 Å². The Labute approximate surface area is 116 Å². The molecule has 3 rings (SSSR count). The molecule has 1 heterocycles. The van der Waals surface area contributed by atoms with Crippen molar-refractivity contribution in [2.24, 2.45) is 0 Å². The normalized spacial score (nSPS) is 12.0. The number of alkyl halides is 3. The average molecular weight is 297 g/mol. The molecule has 0 radical (unpaired) electrons. The minimum absolute atomic E-state index is 0.0117. The van der Waals surface area contributed by atoms with Crippen LogP contribution in [0.25, 0.3) is 22.2 Å². The van der Waals surface area contributed by atoms with Gasteiger partial charge in [0.2, 0.25) is 0 Å². The SMILES string of the molecule is Fc1ccc(-c2cc3cc(C(F)(F)F)cc(F)c3[nH]2)cc1. The van der Waals surface area contributed by atoms with Gasteiger partial charge in [-0.3, -0.25) is 0 Å². The second-order valence-corrected chi connectivity index (χ2v) is 4.61. The molecule has 0 aliphatic rings. The van der Waals surface area contributed by atoms with E-state index in [1.165, 1.54) is 30.3 Å².